The van der Waals surface area contributed by atoms with Gasteiger partial charge in [-0.1, -0.05) is 49.2 Å². The second kappa shape index (κ2) is 9.47. The number of benzene rings is 1. The lowest BCUT2D eigenvalue weighted by atomic mass is 10.0. The summed E-state index contributed by atoms with van der Waals surface area (Å²) < 4.78 is 1.16. The molecule has 120 valence electrons. The van der Waals surface area contributed by atoms with E-state index in [9.17, 15) is 0 Å². The fourth-order valence-electron chi connectivity index (χ4n) is 2.53. The molecule has 1 aromatic rings. The van der Waals surface area contributed by atoms with E-state index in [1.54, 1.807) is 0 Å². The quantitative estimate of drug-likeness (QED) is 0.640. The molecule has 0 saturated carbocycles. The van der Waals surface area contributed by atoms with Gasteiger partial charge in [-0.05, 0) is 50.4 Å². The first-order chi connectivity index (χ1) is 10.0. The molecule has 1 N–H and O–H groups in total. The van der Waals surface area contributed by atoms with E-state index in [-0.39, 0.29) is 0 Å². The average Bonchev–Trinajstić information content (AvgIpc) is 2.49. The van der Waals surface area contributed by atoms with E-state index in [1.165, 1.54) is 24.1 Å². The number of anilines is 1. The van der Waals surface area contributed by atoms with Crippen LogP contribution in [0.4, 0.5) is 5.69 Å². The number of hydrogen-bond acceptors (Lipinski definition) is 2. The zero-order valence-corrected chi connectivity index (χ0v) is 15.8. The number of nitrogens with zero attached hydrogens (tertiary/aromatic N) is 1. The fourth-order valence-corrected chi connectivity index (χ4v) is 2.88. The highest BCUT2D eigenvalue weighted by Gasteiger charge is 2.16. The van der Waals surface area contributed by atoms with Crippen molar-refractivity contribution in [3.05, 3.63) is 28.2 Å². The molecule has 0 heterocycles. The van der Waals surface area contributed by atoms with Gasteiger partial charge in [0, 0.05) is 29.3 Å². The molecule has 0 spiro atoms. The zero-order valence-electron chi connectivity index (χ0n) is 14.2. The minimum Gasteiger partial charge on any atom is -0.371 e. The molecule has 2 nitrogen and oxygen atoms in total. The van der Waals surface area contributed by atoms with Gasteiger partial charge in [0.25, 0.3) is 0 Å². The summed E-state index contributed by atoms with van der Waals surface area (Å²) in [6.07, 6.45) is 2.39. The molecular formula is C18H31BrN2. The SMILES string of the molecule is CCCNC(C)c1ccc(Br)cc1N(CC)CC(C)CC. The molecule has 2 atom stereocenters. The summed E-state index contributed by atoms with van der Waals surface area (Å²) in [4.78, 5) is 2.51. The van der Waals surface area contributed by atoms with Crippen LogP contribution < -0.4 is 10.2 Å². The molecule has 0 aliphatic rings. The van der Waals surface area contributed by atoms with Gasteiger partial charge in [0.05, 0.1) is 0 Å². The van der Waals surface area contributed by atoms with Crippen LogP contribution in [0, 0.1) is 5.92 Å². The Labute approximate surface area is 139 Å². The predicted molar refractivity (Wildman–Crippen MR) is 98.2 cm³/mol. The van der Waals surface area contributed by atoms with E-state index in [1.807, 2.05) is 0 Å². The number of rotatable bonds is 9. The standard InChI is InChI=1S/C18H31BrN2/c1-6-11-20-15(5)17-10-9-16(19)12-18(17)21(8-3)13-14(4)7-2/h9-10,12,14-15,20H,6-8,11,13H2,1-5H3. The molecule has 0 amide bonds. The smallest absolute Gasteiger partial charge is 0.0425 e. The molecule has 0 radical (unpaired) electrons. The van der Waals surface area contributed by atoms with Crippen LogP contribution in [0.3, 0.4) is 0 Å². The Bertz CT molecular complexity index is 420. The van der Waals surface area contributed by atoms with Crippen LogP contribution in [-0.4, -0.2) is 19.6 Å². The van der Waals surface area contributed by atoms with Gasteiger partial charge in [-0.3, -0.25) is 0 Å². The zero-order chi connectivity index (χ0) is 15.8. The van der Waals surface area contributed by atoms with E-state index >= 15 is 0 Å². The first-order valence-corrected chi connectivity index (χ1v) is 9.10. The Hall–Kier alpha value is -0.540. The van der Waals surface area contributed by atoms with Crippen LogP contribution in [0.2, 0.25) is 0 Å². The predicted octanol–water partition coefficient (Wildman–Crippen LogP) is 5.38. The molecule has 0 bridgehead atoms. The van der Waals surface area contributed by atoms with Crippen molar-refractivity contribution in [1.82, 2.24) is 5.32 Å². The second-order valence-corrected chi connectivity index (χ2v) is 6.85. The van der Waals surface area contributed by atoms with Gasteiger partial charge in [-0.2, -0.15) is 0 Å². The largest absolute Gasteiger partial charge is 0.371 e. The molecule has 21 heavy (non-hydrogen) atoms. The Morgan fingerprint density at radius 1 is 1.19 bits per heavy atom. The first-order valence-electron chi connectivity index (χ1n) is 8.31. The summed E-state index contributed by atoms with van der Waals surface area (Å²) in [5.74, 6) is 0.718. The summed E-state index contributed by atoms with van der Waals surface area (Å²) in [6, 6.07) is 7.07. The van der Waals surface area contributed by atoms with E-state index in [0.717, 1.165) is 30.0 Å². The molecule has 2 unspecified atom stereocenters. The van der Waals surface area contributed by atoms with Crippen molar-refractivity contribution in [2.75, 3.05) is 24.5 Å². The highest BCUT2D eigenvalue weighted by atomic mass is 79.9. The monoisotopic (exact) mass is 354 g/mol. The Balaban J connectivity index is 3.03. The molecule has 3 heteroatoms. The van der Waals surface area contributed by atoms with E-state index in [4.69, 9.17) is 0 Å². The number of nitrogens with one attached hydrogen (secondary N) is 1. The summed E-state index contributed by atoms with van der Waals surface area (Å²) >= 11 is 3.63. The van der Waals surface area contributed by atoms with E-state index < -0.39 is 0 Å². The van der Waals surface area contributed by atoms with Crippen LogP contribution in [0.1, 0.15) is 59.1 Å². The second-order valence-electron chi connectivity index (χ2n) is 5.93. The lowest BCUT2D eigenvalue weighted by Gasteiger charge is -2.30. The minimum absolute atomic E-state index is 0.388. The third kappa shape index (κ3) is 5.63. The van der Waals surface area contributed by atoms with Crippen molar-refractivity contribution in [2.24, 2.45) is 5.92 Å². The van der Waals surface area contributed by atoms with Gasteiger partial charge in [0.15, 0.2) is 0 Å². The fraction of sp³-hybridized carbons (Fsp3) is 0.667. The van der Waals surface area contributed by atoms with Crippen molar-refractivity contribution in [3.8, 4) is 0 Å². The maximum Gasteiger partial charge on any atom is 0.0425 e. The van der Waals surface area contributed by atoms with Crippen LogP contribution in [0.15, 0.2) is 22.7 Å². The molecule has 0 aliphatic heterocycles. The van der Waals surface area contributed by atoms with Gasteiger partial charge in [-0.15, -0.1) is 0 Å². The van der Waals surface area contributed by atoms with Crippen molar-refractivity contribution in [1.29, 1.82) is 0 Å². The first kappa shape index (κ1) is 18.5. The van der Waals surface area contributed by atoms with E-state index in [2.05, 4.69) is 79.0 Å². The van der Waals surface area contributed by atoms with Crippen LogP contribution >= 0.6 is 15.9 Å². The lowest BCUT2D eigenvalue weighted by Crippen LogP contribution is -2.30. The Kier molecular flexibility index (Phi) is 8.35. The lowest BCUT2D eigenvalue weighted by molar-refractivity contribution is 0.539. The number of hydrogen-bond donors (Lipinski definition) is 1. The molecule has 0 aliphatic carbocycles. The highest BCUT2D eigenvalue weighted by molar-refractivity contribution is 9.10. The maximum absolute atomic E-state index is 3.63. The van der Waals surface area contributed by atoms with Crippen molar-refractivity contribution in [3.63, 3.8) is 0 Å². The summed E-state index contributed by atoms with van der Waals surface area (Å²) in [7, 11) is 0. The van der Waals surface area contributed by atoms with Crippen molar-refractivity contribution >= 4 is 21.6 Å². The average molecular weight is 355 g/mol. The molecular weight excluding hydrogens is 324 g/mol. The van der Waals surface area contributed by atoms with Crippen LogP contribution in [0.25, 0.3) is 0 Å². The molecule has 1 rings (SSSR count). The molecule has 0 fully saturated rings. The summed E-state index contributed by atoms with van der Waals surface area (Å²) in [6.45, 7) is 14.6. The van der Waals surface area contributed by atoms with Gasteiger partial charge in [-0.25, -0.2) is 0 Å². The normalized spacial score (nSPS) is 14.0. The van der Waals surface area contributed by atoms with Crippen LogP contribution in [0.5, 0.6) is 0 Å². The maximum atomic E-state index is 3.63. The Morgan fingerprint density at radius 2 is 1.90 bits per heavy atom. The third-order valence-corrected chi connectivity index (χ3v) is 4.60. The van der Waals surface area contributed by atoms with Gasteiger partial charge in [0.1, 0.15) is 0 Å². The molecule has 1 aromatic carbocycles. The third-order valence-electron chi connectivity index (χ3n) is 4.11. The van der Waals surface area contributed by atoms with Crippen molar-refractivity contribution in [2.45, 2.75) is 53.5 Å². The molecule has 0 aromatic heterocycles. The summed E-state index contributed by atoms with van der Waals surface area (Å²) in [5.41, 5.74) is 2.76. The molecule has 0 saturated heterocycles. The Morgan fingerprint density at radius 3 is 2.48 bits per heavy atom. The van der Waals surface area contributed by atoms with E-state index in [0.29, 0.717) is 6.04 Å². The minimum atomic E-state index is 0.388. The highest BCUT2D eigenvalue weighted by Crippen LogP contribution is 2.30. The van der Waals surface area contributed by atoms with Crippen molar-refractivity contribution < 1.29 is 0 Å². The van der Waals surface area contributed by atoms with Gasteiger partial charge < -0.3 is 10.2 Å². The van der Waals surface area contributed by atoms with Crippen LogP contribution in [-0.2, 0) is 0 Å². The summed E-state index contributed by atoms with van der Waals surface area (Å²) in [5, 5.41) is 3.61. The number of halogens is 1. The van der Waals surface area contributed by atoms with Gasteiger partial charge in [0.2, 0.25) is 0 Å². The van der Waals surface area contributed by atoms with Gasteiger partial charge >= 0.3 is 0 Å². The topological polar surface area (TPSA) is 15.3 Å².